The van der Waals surface area contributed by atoms with Gasteiger partial charge in [0.15, 0.2) is 11.6 Å². The lowest BCUT2D eigenvalue weighted by Crippen LogP contribution is -1.99. The van der Waals surface area contributed by atoms with E-state index in [1.807, 2.05) is 90.6 Å². The molecule has 4 nitrogen and oxygen atoms in total. The zero-order chi connectivity index (χ0) is 20.3. The molecule has 2 heterocycles. The van der Waals surface area contributed by atoms with Crippen LogP contribution < -0.4 is 0 Å². The van der Waals surface area contributed by atoms with Crippen LogP contribution in [0.2, 0.25) is 0 Å². The van der Waals surface area contributed by atoms with E-state index in [1.54, 1.807) is 0 Å². The standard InChI is InChI=1S/C26H20N4/c1-19-15-16-23(18-27-19)26-28-25(29-30(26)24-13-6-3-7-14-24)22-12-8-11-21(17-22)20-9-4-2-5-10-20/h2-18H,1H3. The van der Waals surface area contributed by atoms with Crippen LogP contribution in [0.3, 0.4) is 0 Å². The van der Waals surface area contributed by atoms with E-state index in [4.69, 9.17) is 10.1 Å². The zero-order valence-electron chi connectivity index (χ0n) is 16.6. The first-order valence-corrected chi connectivity index (χ1v) is 9.89. The quantitative estimate of drug-likeness (QED) is 0.381. The minimum atomic E-state index is 0.687. The Bertz CT molecular complexity index is 1270. The Kier molecular flexibility index (Phi) is 4.66. The number of hydrogen-bond donors (Lipinski definition) is 0. The summed E-state index contributed by atoms with van der Waals surface area (Å²) in [6.45, 7) is 1.98. The number of nitrogens with zero attached hydrogens (tertiary/aromatic N) is 4. The lowest BCUT2D eigenvalue weighted by Gasteiger charge is -2.05. The first-order chi connectivity index (χ1) is 14.8. The van der Waals surface area contributed by atoms with Crippen molar-refractivity contribution in [3.8, 4) is 39.6 Å². The fourth-order valence-electron chi connectivity index (χ4n) is 3.44. The Labute approximate surface area is 175 Å². The summed E-state index contributed by atoms with van der Waals surface area (Å²) in [6.07, 6.45) is 1.85. The molecule has 144 valence electrons. The fourth-order valence-corrected chi connectivity index (χ4v) is 3.44. The van der Waals surface area contributed by atoms with E-state index >= 15 is 0 Å². The normalized spacial score (nSPS) is 10.8. The van der Waals surface area contributed by atoms with Crippen molar-refractivity contribution in [2.75, 3.05) is 0 Å². The van der Waals surface area contributed by atoms with Crippen LogP contribution in [-0.2, 0) is 0 Å². The van der Waals surface area contributed by atoms with Crippen LogP contribution in [0, 0.1) is 6.92 Å². The number of aromatic nitrogens is 4. The summed E-state index contributed by atoms with van der Waals surface area (Å²) in [7, 11) is 0. The Morgan fingerprint density at radius 1 is 0.633 bits per heavy atom. The van der Waals surface area contributed by atoms with Crippen molar-refractivity contribution in [3.63, 3.8) is 0 Å². The summed E-state index contributed by atoms with van der Waals surface area (Å²) in [5.74, 6) is 1.46. The minimum Gasteiger partial charge on any atom is -0.261 e. The molecule has 0 saturated heterocycles. The SMILES string of the molecule is Cc1ccc(-c2nc(-c3cccc(-c4ccccc4)c3)nn2-c2ccccc2)cn1. The monoisotopic (exact) mass is 388 g/mol. The molecule has 5 aromatic rings. The van der Waals surface area contributed by atoms with Crippen LogP contribution in [0.5, 0.6) is 0 Å². The average Bonchev–Trinajstić information content (AvgIpc) is 3.26. The number of para-hydroxylation sites is 1. The van der Waals surface area contributed by atoms with E-state index in [-0.39, 0.29) is 0 Å². The minimum absolute atomic E-state index is 0.687. The lowest BCUT2D eigenvalue weighted by atomic mass is 10.0. The largest absolute Gasteiger partial charge is 0.261 e. The predicted octanol–water partition coefficient (Wildman–Crippen LogP) is 5.97. The molecule has 0 bridgehead atoms. The van der Waals surface area contributed by atoms with Crippen molar-refractivity contribution in [1.82, 2.24) is 19.7 Å². The van der Waals surface area contributed by atoms with E-state index in [0.717, 1.165) is 33.9 Å². The van der Waals surface area contributed by atoms with Gasteiger partial charge in [0.05, 0.1) is 5.69 Å². The molecule has 0 aliphatic heterocycles. The average molecular weight is 388 g/mol. The summed E-state index contributed by atoms with van der Waals surface area (Å²) < 4.78 is 1.89. The second-order valence-corrected chi connectivity index (χ2v) is 7.14. The van der Waals surface area contributed by atoms with Gasteiger partial charge in [0.1, 0.15) is 0 Å². The maximum absolute atomic E-state index is 4.90. The Morgan fingerprint density at radius 3 is 2.07 bits per heavy atom. The second-order valence-electron chi connectivity index (χ2n) is 7.14. The fraction of sp³-hybridized carbons (Fsp3) is 0.0385. The molecule has 0 aliphatic carbocycles. The summed E-state index contributed by atoms with van der Waals surface area (Å²) in [5, 5.41) is 4.86. The Hall–Kier alpha value is -4.05. The smallest absolute Gasteiger partial charge is 0.182 e. The maximum atomic E-state index is 4.90. The molecule has 0 aliphatic rings. The van der Waals surface area contributed by atoms with Crippen LogP contribution in [-0.4, -0.2) is 19.7 Å². The van der Waals surface area contributed by atoms with Gasteiger partial charge in [0, 0.05) is 23.0 Å². The molecule has 0 fully saturated rings. The van der Waals surface area contributed by atoms with Crippen LogP contribution in [0.1, 0.15) is 5.69 Å². The molecule has 0 N–H and O–H groups in total. The van der Waals surface area contributed by atoms with Gasteiger partial charge in [0.25, 0.3) is 0 Å². The summed E-state index contributed by atoms with van der Waals surface area (Å²) >= 11 is 0. The van der Waals surface area contributed by atoms with Gasteiger partial charge in [-0.1, -0.05) is 66.7 Å². The third kappa shape index (κ3) is 3.51. The highest BCUT2D eigenvalue weighted by atomic mass is 15.4. The van der Waals surface area contributed by atoms with E-state index in [1.165, 1.54) is 5.56 Å². The van der Waals surface area contributed by atoms with E-state index < -0.39 is 0 Å². The van der Waals surface area contributed by atoms with Gasteiger partial charge in [-0.25, -0.2) is 9.67 Å². The topological polar surface area (TPSA) is 43.6 Å². The Balaban J connectivity index is 1.64. The van der Waals surface area contributed by atoms with Gasteiger partial charge in [-0.05, 0) is 48.4 Å². The van der Waals surface area contributed by atoms with Gasteiger partial charge in [-0.3, -0.25) is 4.98 Å². The highest BCUT2D eigenvalue weighted by Gasteiger charge is 2.15. The first-order valence-electron chi connectivity index (χ1n) is 9.89. The molecule has 0 radical (unpaired) electrons. The number of benzene rings is 3. The third-order valence-electron chi connectivity index (χ3n) is 5.01. The van der Waals surface area contributed by atoms with Gasteiger partial charge in [0.2, 0.25) is 0 Å². The molecule has 0 unspecified atom stereocenters. The van der Waals surface area contributed by atoms with Gasteiger partial charge in [-0.2, -0.15) is 0 Å². The molecule has 0 amide bonds. The molecule has 3 aromatic carbocycles. The van der Waals surface area contributed by atoms with E-state index in [0.29, 0.717) is 5.82 Å². The molecule has 0 spiro atoms. The number of pyridine rings is 1. The van der Waals surface area contributed by atoms with Crippen molar-refractivity contribution in [1.29, 1.82) is 0 Å². The predicted molar refractivity (Wildman–Crippen MR) is 120 cm³/mol. The van der Waals surface area contributed by atoms with E-state index in [9.17, 15) is 0 Å². The van der Waals surface area contributed by atoms with Crippen molar-refractivity contribution >= 4 is 0 Å². The molecule has 0 atom stereocenters. The van der Waals surface area contributed by atoms with Gasteiger partial charge < -0.3 is 0 Å². The molecule has 0 saturated carbocycles. The van der Waals surface area contributed by atoms with Crippen LogP contribution >= 0.6 is 0 Å². The van der Waals surface area contributed by atoms with Crippen molar-refractivity contribution < 1.29 is 0 Å². The number of aryl methyl sites for hydroxylation is 1. The molecule has 30 heavy (non-hydrogen) atoms. The summed E-state index contributed by atoms with van der Waals surface area (Å²) in [4.78, 5) is 9.35. The Morgan fingerprint density at radius 2 is 1.33 bits per heavy atom. The molecule has 4 heteroatoms. The highest BCUT2D eigenvalue weighted by molar-refractivity contribution is 5.71. The highest BCUT2D eigenvalue weighted by Crippen LogP contribution is 2.28. The van der Waals surface area contributed by atoms with Crippen LogP contribution in [0.15, 0.2) is 103 Å². The van der Waals surface area contributed by atoms with Crippen molar-refractivity contribution in [2.24, 2.45) is 0 Å². The van der Waals surface area contributed by atoms with Crippen molar-refractivity contribution in [3.05, 3.63) is 109 Å². The van der Waals surface area contributed by atoms with Crippen LogP contribution in [0.4, 0.5) is 0 Å². The van der Waals surface area contributed by atoms with Gasteiger partial charge in [-0.15, -0.1) is 5.10 Å². The van der Waals surface area contributed by atoms with Gasteiger partial charge >= 0.3 is 0 Å². The van der Waals surface area contributed by atoms with E-state index in [2.05, 4.69) is 29.2 Å². The molecule has 2 aromatic heterocycles. The molecule has 5 rings (SSSR count). The van der Waals surface area contributed by atoms with Crippen LogP contribution in [0.25, 0.3) is 39.6 Å². The molecular weight excluding hydrogens is 368 g/mol. The number of rotatable bonds is 4. The maximum Gasteiger partial charge on any atom is 0.182 e. The third-order valence-corrected chi connectivity index (χ3v) is 5.01. The summed E-state index contributed by atoms with van der Waals surface area (Å²) in [5.41, 5.74) is 6.16. The van der Waals surface area contributed by atoms with Crippen molar-refractivity contribution in [2.45, 2.75) is 6.92 Å². The number of hydrogen-bond acceptors (Lipinski definition) is 3. The first kappa shape index (κ1) is 18.0. The second kappa shape index (κ2) is 7.76. The summed E-state index contributed by atoms with van der Waals surface area (Å²) in [6, 6.07) is 32.8. The lowest BCUT2D eigenvalue weighted by molar-refractivity contribution is 0.889. The zero-order valence-corrected chi connectivity index (χ0v) is 16.6. The molecular formula is C26H20N4.